The number of amidine groups is 1. The third-order valence-corrected chi connectivity index (χ3v) is 6.83. The molecular formula is C18H18N6O2S2. The molecule has 3 unspecified atom stereocenters. The van der Waals surface area contributed by atoms with Crippen LogP contribution in [0.4, 0.5) is 5.82 Å². The fourth-order valence-corrected chi connectivity index (χ4v) is 5.36. The van der Waals surface area contributed by atoms with Crippen LogP contribution in [0.3, 0.4) is 0 Å². The largest absolute Gasteiger partial charge is 0.379 e. The van der Waals surface area contributed by atoms with Gasteiger partial charge < -0.3 is 15.8 Å². The number of aliphatic imine (C=N–C) groups is 1. The number of anilines is 1. The molecule has 8 nitrogen and oxygen atoms in total. The number of amides is 1. The van der Waals surface area contributed by atoms with Crippen LogP contribution in [-0.2, 0) is 10.3 Å². The molecule has 1 fully saturated rings. The molecule has 4 rings (SSSR count). The van der Waals surface area contributed by atoms with Gasteiger partial charge in [-0.05, 0) is 25.5 Å². The number of thiazole rings is 1. The van der Waals surface area contributed by atoms with Gasteiger partial charge in [0.1, 0.15) is 28.1 Å². The second kappa shape index (κ2) is 7.50. The Hall–Kier alpha value is -2.48. The number of nitrogens with zero attached hydrogens (tertiary/aromatic N) is 4. The van der Waals surface area contributed by atoms with Crippen LogP contribution < -0.4 is 11.1 Å². The van der Waals surface area contributed by atoms with Gasteiger partial charge in [-0.25, -0.2) is 15.0 Å². The molecule has 10 heteroatoms. The van der Waals surface area contributed by atoms with Crippen molar-refractivity contribution in [1.82, 2.24) is 9.97 Å². The van der Waals surface area contributed by atoms with E-state index in [1.165, 1.54) is 23.6 Å². The summed E-state index contributed by atoms with van der Waals surface area (Å²) in [4.78, 5) is 25.8. The standard InChI is InChI=1S/C18H18N6O2S2/c1-10-4-12-7-28-17(20)24-18(12,9-26-10)16-23-14(8-27-16)22-15(25)13-3-2-11(5-19)6-21-13/h2-3,6,8,10,12H,4,7,9H2,1H3,(H2,20,24)(H,22,25). The summed E-state index contributed by atoms with van der Waals surface area (Å²) in [5.41, 5.74) is 6.04. The minimum Gasteiger partial charge on any atom is -0.379 e. The predicted molar refractivity (Wildman–Crippen MR) is 108 cm³/mol. The normalized spacial score (nSPS) is 26.6. The number of nitrogens with one attached hydrogen (secondary N) is 1. The summed E-state index contributed by atoms with van der Waals surface area (Å²) in [6.07, 6.45) is 2.43. The van der Waals surface area contributed by atoms with E-state index in [1.54, 1.807) is 23.2 Å². The fourth-order valence-electron chi connectivity index (χ4n) is 3.38. The van der Waals surface area contributed by atoms with Crippen molar-refractivity contribution in [3.63, 3.8) is 0 Å². The van der Waals surface area contributed by atoms with E-state index in [9.17, 15) is 4.79 Å². The maximum Gasteiger partial charge on any atom is 0.275 e. The lowest BCUT2D eigenvalue weighted by atomic mass is 9.80. The Labute approximate surface area is 170 Å². The molecule has 1 amide bonds. The predicted octanol–water partition coefficient (Wildman–Crippen LogP) is 2.34. The fraction of sp³-hybridized carbons (Fsp3) is 0.389. The number of nitriles is 1. The summed E-state index contributed by atoms with van der Waals surface area (Å²) in [6.45, 7) is 2.49. The zero-order valence-electron chi connectivity index (χ0n) is 15.1. The van der Waals surface area contributed by atoms with E-state index in [2.05, 4.69) is 22.2 Å². The first-order valence-electron chi connectivity index (χ1n) is 8.73. The SMILES string of the molecule is CC1CC2CSC(N)=NC2(c2nc(NC(=O)c3ccc(C#N)cn3)cs2)CO1. The number of fused-ring (bicyclic) bond motifs is 1. The zero-order chi connectivity index (χ0) is 19.7. The molecule has 4 heterocycles. The molecule has 0 aromatic carbocycles. The van der Waals surface area contributed by atoms with Crippen molar-refractivity contribution in [3.8, 4) is 6.07 Å². The average molecular weight is 415 g/mol. The molecule has 0 saturated carbocycles. The lowest BCUT2D eigenvalue weighted by Gasteiger charge is -2.44. The number of ether oxygens (including phenoxy) is 1. The van der Waals surface area contributed by atoms with Crippen molar-refractivity contribution in [2.75, 3.05) is 17.7 Å². The van der Waals surface area contributed by atoms with Gasteiger partial charge in [0.2, 0.25) is 0 Å². The number of carbonyl (C=O) groups excluding carboxylic acids is 1. The second-order valence-corrected chi connectivity index (χ2v) is 8.67. The minimum absolute atomic E-state index is 0.176. The van der Waals surface area contributed by atoms with Crippen LogP contribution in [0.25, 0.3) is 0 Å². The maximum atomic E-state index is 12.4. The number of nitrogens with two attached hydrogens (primary N) is 1. The molecule has 0 aliphatic carbocycles. The second-order valence-electron chi connectivity index (χ2n) is 6.78. The molecule has 0 spiro atoms. The summed E-state index contributed by atoms with van der Waals surface area (Å²) >= 11 is 3.00. The number of hydrogen-bond acceptors (Lipinski definition) is 9. The van der Waals surface area contributed by atoms with Crippen molar-refractivity contribution >= 4 is 40.0 Å². The van der Waals surface area contributed by atoms with E-state index in [0.717, 1.165) is 17.2 Å². The highest BCUT2D eigenvalue weighted by atomic mass is 32.2. The van der Waals surface area contributed by atoms with Crippen molar-refractivity contribution in [1.29, 1.82) is 5.26 Å². The summed E-state index contributed by atoms with van der Waals surface area (Å²) in [6, 6.07) is 5.03. The molecule has 2 aromatic heterocycles. The van der Waals surface area contributed by atoms with E-state index in [0.29, 0.717) is 23.2 Å². The van der Waals surface area contributed by atoms with Crippen molar-refractivity contribution in [3.05, 3.63) is 40.0 Å². The number of carbonyl (C=O) groups is 1. The minimum atomic E-state index is -0.595. The molecule has 2 aliphatic rings. The Balaban J connectivity index is 1.57. The van der Waals surface area contributed by atoms with Crippen LogP contribution in [0.5, 0.6) is 0 Å². The Kier molecular flexibility index (Phi) is 5.05. The molecule has 2 aliphatic heterocycles. The summed E-state index contributed by atoms with van der Waals surface area (Å²) < 4.78 is 5.91. The summed E-state index contributed by atoms with van der Waals surface area (Å²) in [7, 11) is 0. The van der Waals surface area contributed by atoms with Gasteiger partial charge in [-0.3, -0.25) is 4.79 Å². The smallest absolute Gasteiger partial charge is 0.275 e. The third-order valence-electron chi connectivity index (χ3n) is 4.86. The topological polar surface area (TPSA) is 126 Å². The highest BCUT2D eigenvalue weighted by Crippen LogP contribution is 2.46. The Morgan fingerprint density at radius 1 is 1.50 bits per heavy atom. The van der Waals surface area contributed by atoms with Crippen LogP contribution >= 0.6 is 23.1 Å². The molecule has 2 aromatic rings. The molecule has 0 bridgehead atoms. The van der Waals surface area contributed by atoms with E-state index < -0.39 is 5.54 Å². The van der Waals surface area contributed by atoms with Crippen molar-refractivity contribution in [2.24, 2.45) is 16.6 Å². The lowest BCUT2D eigenvalue weighted by molar-refractivity contribution is -0.0466. The summed E-state index contributed by atoms with van der Waals surface area (Å²) in [5, 5.41) is 14.7. The maximum absolute atomic E-state index is 12.4. The van der Waals surface area contributed by atoms with Gasteiger partial charge in [0, 0.05) is 23.2 Å². The van der Waals surface area contributed by atoms with Crippen molar-refractivity contribution < 1.29 is 9.53 Å². The van der Waals surface area contributed by atoms with Gasteiger partial charge in [-0.1, -0.05) is 11.8 Å². The first-order valence-corrected chi connectivity index (χ1v) is 10.6. The Morgan fingerprint density at radius 2 is 2.36 bits per heavy atom. The lowest BCUT2D eigenvalue weighted by Crippen LogP contribution is -2.49. The van der Waals surface area contributed by atoms with Gasteiger partial charge in [-0.15, -0.1) is 11.3 Å². The molecule has 1 saturated heterocycles. The van der Waals surface area contributed by atoms with Crippen molar-refractivity contribution in [2.45, 2.75) is 25.0 Å². The number of pyridine rings is 1. The van der Waals surface area contributed by atoms with Crippen LogP contribution in [0.2, 0.25) is 0 Å². The van der Waals surface area contributed by atoms with Crippen LogP contribution in [0.15, 0.2) is 28.7 Å². The molecule has 0 radical (unpaired) electrons. The molecule has 28 heavy (non-hydrogen) atoms. The van der Waals surface area contributed by atoms with Crippen LogP contribution in [-0.4, -0.2) is 39.5 Å². The van der Waals surface area contributed by atoms with E-state index in [-0.39, 0.29) is 23.6 Å². The van der Waals surface area contributed by atoms with Gasteiger partial charge in [0.25, 0.3) is 5.91 Å². The number of hydrogen-bond donors (Lipinski definition) is 2. The molecule has 3 N–H and O–H groups in total. The van der Waals surface area contributed by atoms with Gasteiger partial charge in [0.15, 0.2) is 5.17 Å². The number of thioether (sulfide) groups is 1. The molecule has 3 atom stereocenters. The third kappa shape index (κ3) is 3.48. The molecule has 144 valence electrons. The zero-order valence-corrected chi connectivity index (χ0v) is 16.7. The first-order chi connectivity index (χ1) is 13.5. The van der Waals surface area contributed by atoms with Crippen LogP contribution in [0.1, 0.15) is 34.4 Å². The summed E-state index contributed by atoms with van der Waals surface area (Å²) in [5.74, 6) is 1.21. The van der Waals surface area contributed by atoms with E-state index in [1.807, 2.05) is 6.07 Å². The number of rotatable bonds is 3. The average Bonchev–Trinajstić information content (AvgIpc) is 3.17. The Morgan fingerprint density at radius 3 is 3.11 bits per heavy atom. The van der Waals surface area contributed by atoms with E-state index in [4.69, 9.17) is 20.7 Å². The van der Waals surface area contributed by atoms with E-state index >= 15 is 0 Å². The quantitative estimate of drug-likeness (QED) is 0.789. The van der Waals surface area contributed by atoms with Gasteiger partial charge >= 0.3 is 0 Å². The highest BCUT2D eigenvalue weighted by Gasteiger charge is 2.49. The van der Waals surface area contributed by atoms with Gasteiger partial charge in [0.05, 0.1) is 18.3 Å². The van der Waals surface area contributed by atoms with Gasteiger partial charge in [-0.2, -0.15) is 5.26 Å². The highest BCUT2D eigenvalue weighted by molar-refractivity contribution is 8.13. The first kappa shape index (κ1) is 18.9. The number of aromatic nitrogens is 2. The monoisotopic (exact) mass is 414 g/mol. The molecular weight excluding hydrogens is 396 g/mol. The van der Waals surface area contributed by atoms with Crippen LogP contribution in [0, 0.1) is 17.2 Å². The Bertz CT molecular complexity index is 967.